The van der Waals surface area contributed by atoms with Crippen LogP contribution >= 0.6 is 0 Å². The van der Waals surface area contributed by atoms with E-state index in [0.717, 1.165) is 44.1 Å². The number of esters is 1. The van der Waals surface area contributed by atoms with Crippen molar-refractivity contribution in [1.29, 1.82) is 0 Å². The first kappa shape index (κ1) is 23.7. The van der Waals surface area contributed by atoms with E-state index >= 15 is 0 Å². The highest BCUT2D eigenvalue weighted by molar-refractivity contribution is 5.97. The van der Waals surface area contributed by atoms with Crippen LogP contribution in [0.3, 0.4) is 0 Å². The molecule has 0 aromatic carbocycles. The molecule has 3 heteroatoms. The number of Topliss-reactive ketones (excluding diaryl/α,β-unsaturated/α-hetero) is 1. The van der Waals surface area contributed by atoms with Gasteiger partial charge in [0.25, 0.3) is 0 Å². The fraction of sp³-hybridized carbons (Fsp3) is 0.750. The van der Waals surface area contributed by atoms with Crippen molar-refractivity contribution < 1.29 is 14.3 Å². The molecule has 1 rings (SSSR count). The molecule has 0 N–H and O–H groups in total. The van der Waals surface area contributed by atoms with Crippen molar-refractivity contribution in [3.8, 4) is 0 Å². The smallest absolute Gasteiger partial charge is 0.306 e. The average Bonchev–Trinajstić information content (AvgIpc) is 2.56. The van der Waals surface area contributed by atoms with Gasteiger partial charge < -0.3 is 4.74 Å². The second kappa shape index (κ2) is 12.2. The Bertz CT molecular complexity index is 528. The third-order valence-electron chi connectivity index (χ3n) is 5.58. The lowest BCUT2D eigenvalue weighted by atomic mass is 9.70. The van der Waals surface area contributed by atoms with Gasteiger partial charge in [0, 0.05) is 12.8 Å². The van der Waals surface area contributed by atoms with Gasteiger partial charge in [0.1, 0.15) is 6.10 Å². The highest BCUT2D eigenvalue weighted by atomic mass is 16.5. The molecule has 0 aromatic heterocycles. The van der Waals surface area contributed by atoms with E-state index in [1.165, 1.54) is 31.3 Å². The van der Waals surface area contributed by atoms with Gasteiger partial charge in [0.2, 0.25) is 0 Å². The van der Waals surface area contributed by atoms with E-state index in [0.29, 0.717) is 12.8 Å². The summed E-state index contributed by atoms with van der Waals surface area (Å²) in [5, 5.41) is 0. The van der Waals surface area contributed by atoms with E-state index in [4.69, 9.17) is 4.74 Å². The monoisotopic (exact) mass is 376 g/mol. The summed E-state index contributed by atoms with van der Waals surface area (Å²) in [5.74, 6) is -0.0208. The van der Waals surface area contributed by atoms with Crippen molar-refractivity contribution >= 4 is 11.8 Å². The number of hydrogen-bond acceptors (Lipinski definition) is 3. The zero-order valence-electron chi connectivity index (χ0n) is 18.1. The van der Waals surface area contributed by atoms with E-state index in [1.54, 1.807) is 0 Å². The maximum absolute atomic E-state index is 12.8. The maximum Gasteiger partial charge on any atom is 0.306 e. The van der Waals surface area contributed by atoms with Crippen molar-refractivity contribution in [3.63, 3.8) is 0 Å². The normalized spacial score (nSPS) is 17.5. The number of allylic oxidation sites excluding steroid dienone is 3. The zero-order valence-corrected chi connectivity index (χ0v) is 18.1. The Kier molecular flexibility index (Phi) is 10.6. The maximum atomic E-state index is 12.8. The molecule has 0 radical (unpaired) electrons. The fourth-order valence-electron chi connectivity index (χ4n) is 4.19. The highest BCUT2D eigenvalue weighted by Crippen LogP contribution is 2.41. The van der Waals surface area contributed by atoms with Crippen LogP contribution < -0.4 is 0 Å². The standard InChI is InChI=1S/C24H40O3/c1-6-7-8-9-10-11-12-13-16-22(26)27-20(3)18-21(25)23-19(2)15-14-17-24(23,4)5/h6,20H,1,7-18H2,2-5H3. The molecular formula is C24H40O3. The van der Waals surface area contributed by atoms with Gasteiger partial charge in [0.15, 0.2) is 5.78 Å². The Balaban J connectivity index is 2.27. The van der Waals surface area contributed by atoms with Crippen molar-refractivity contribution in [2.45, 2.75) is 111 Å². The second-order valence-corrected chi connectivity index (χ2v) is 8.77. The van der Waals surface area contributed by atoms with Crippen LogP contribution in [0.2, 0.25) is 0 Å². The molecule has 154 valence electrons. The lowest BCUT2D eigenvalue weighted by Gasteiger charge is -2.34. The van der Waals surface area contributed by atoms with Crippen molar-refractivity contribution in [2.75, 3.05) is 0 Å². The molecule has 0 aliphatic heterocycles. The van der Waals surface area contributed by atoms with Crippen LogP contribution in [-0.2, 0) is 14.3 Å². The van der Waals surface area contributed by atoms with E-state index in [-0.39, 0.29) is 23.3 Å². The molecule has 3 nitrogen and oxygen atoms in total. The minimum atomic E-state index is -0.345. The molecule has 1 aliphatic rings. The summed E-state index contributed by atoms with van der Waals surface area (Å²) >= 11 is 0. The molecule has 0 amide bonds. The summed E-state index contributed by atoms with van der Waals surface area (Å²) in [4.78, 5) is 24.8. The van der Waals surface area contributed by atoms with Gasteiger partial charge in [-0.05, 0) is 63.4 Å². The highest BCUT2D eigenvalue weighted by Gasteiger charge is 2.33. The van der Waals surface area contributed by atoms with Crippen molar-refractivity contribution in [3.05, 3.63) is 23.8 Å². The number of unbranched alkanes of at least 4 members (excludes halogenated alkanes) is 6. The van der Waals surface area contributed by atoms with Gasteiger partial charge in [-0.2, -0.15) is 0 Å². The first-order valence-corrected chi connectivity index (χ1v) is 10.8. The molecule has 1 unspecified atom stereocenters. The Morgan fingerprint density at radius 2 is 1.78 bits per heavy atom. The quantitative estimate of drug-likeness (QED) is 0.204. The van der Waals surface area contributed by atoms with Crippen molar-refractivity contribution in [1.82, 2.24) is 0 Å². The van der Waals surface area contributed by atoms with E-state index in [9.17, 15) is 9.59 Å². The summed E-state index contributed by atoms with van der Waals surface area (Å²) in [6.45, 7) is 11.9. The third kappa shape index (κ3) is 8.90. The molecule has 0 aromatic rings. The molecule has 0 fully saturated rings. The molecule has 0 bridgehead atoms. The van der Waals surface area contributed by atoms with E-state index < -0.39 is 0 Å². The number of ketones is 1. The van der Waals surface area contributed by atoms with Crippen LogP contribution in [0.15, 0.2) is 23.8 Å². The molecule has 0 spiro atoms. The summed E-state index contributed by atoms with van der Waals surface area (Å²) in [7, 11) is 0. The predicted octanol–water partition coefficient (Wildman–Crippen LogP) is 6.71. The number of hydrogen-bond donors (Lipinski definition) is 0. The Labute approximate surface area is 166 Å². The molecular weight excluding hydrogens is 336 g/mol. The fourth-order valence-corrected chi connectivity index (χ4v) is 4.19. The molecule has 1 aliphatic carbocycles. The summed E-state index contributed by atoms with van der Waals surface area (Å²) in [5.41, 5.74) is 2.12. The largest absolute Gasteiger partial charge is 0.462 e. The van der Waals surface area contributed by atoms with E-state index in [1.807, 2.05) is 13.0 Å². The summed E-state index contributed by atoms with van der Waals surface area (Å²) in [6, 6.07) is 0. The first-order valence-electron chi connectivity index (χ1n) is 10.8. The van der Waals surface area contributed by atoms with Crippen LogP contribution in [0.1, 0.15) is 105 Å². The average molecular weight is 377 g/mol. The summed E-state index contributed by atoms with van der Waals surface area (Å²) in [6.07, 6.45) is 13.4. The zero-order chi connectivity index (χ0) is 20.3. The minimum Gasteiger partial charge on any atom is -0.462 e. The number of carbonyl (C=O) groups excluding carboxylic acids is 2. The van der Waals surface area contributed by atoms with Crippen LogP contribution in [0.5, 0.6) is 0 Å². The predicted molar refractivity (Wildman–Crippen MR) is 113 cm³/mol. The Morgan fingerprint density at radius 3 is 2.41 bits per heavy atom. The second-order valence-electron chi connectivity index (χ2n) is 8.77. The van der Waals surface area contributed by atoms with Gasteiger partial charge >= 0.3 is 5.97 Å². The third-order valence-corrected chi connectivity index (χ3v) is 5.58. The van der Waals surface area contributed by atoms with Crippen LogP contribution in [0.25, 0.3) is 0 Å². The minimum absolute atomic E-state index is 0.0607. The van der Waals surface area contributed by atoms with Crippen LogP contribution in [0.4, 0.5) is 0 Å². The Morgan fingerprint density at radius 1 is 1.15 bits per heavy atom. The summed E-state index contributed by atoms with van der Waals surface area (Å²) < 4.78 is 5.48. The van der Waals surface area contributed by atoms with Gasteiger partial charge in [0.05, 0.1) is 0 Å². The molecule has 0 saturated heterocycles. The van der Waals surface area contributed by atoms with Crippen molar-refractivity contribution in [2.24, 2.45) is 5.41 Å². The topological polar surface area (TPSA) is 43.4 Å². The van der Waals surface area contributed by atoms with Gasteiger partial charge in [-0.3, -0.25) is 9.59 Å². The van der Waals surface area contributed by atoms with Crippen LogP contribution in [-0.4, -0.2) is 17.9 Å². The molecule has 0 heterocycles. The van der Waals surface area contributed by atoms with Gasteiger partial charge in [-0.1, -0.05) is 51.2 Å². The first-order chi connectivity index (χ1) is 12.8. The lowest BCUT2D eigenvalue weighted by Crippen LogP contribution is -2.29. The molecule has 27 heavy (non-hydrogen) atoms. The van der Waals surface area contributed by atoms with Crippen LogP contribution in [0, 0.1) is 5.41 Å². The number of ether oxygens (including phenoxy) is 1. The van der Waals surface area contributed by atoms with Gasteiger partial charge in [-0.25, -0.2) is 0 Å². The number of carbonyl (C=O) groups is 2. The Hall–Kier alpha value is -1.38. The lowest BCUT2D eigenvalue weighted by molar-refractivity contribution is -0.149. The number of rotatable bonds is 13. The van der Waals surface area contributed by atoms with E-state index in [2.05, 4.69) is 27.4 Å². The SMILES string of the molecule is C=CCCCCCCCCC(=O)OC(C)CC(=O)C1=C(C)CCCC1(C)C. The van der Waals surface area contributed by atoms with Gasteiger partial charge in [-0.15, -0.1) is 6.58 Å². The molecule has 1 atom stereocenters. The molecule has 0 saturated carbocycles.